The molecule has 6 nitrogen and oxygen atoms in total. The van der Waals surface area contributed by atoms with Gasteiger partial charge in [-0.2, -0.15) is 4.89 Å². The first-order valence-electron chi connectivity index (χ1n) is 14.5. The molecular formula is C34H48O6. The second-order valence-electron chi connectivity index (χ2n) is 13.0. The van der Waals surface area contributed by atoms with Crippen LogP contribution in [0.3, 0.4) is 0 Å². The molecule has 2 atom stereocenters. The molecule has 0 aromatic heterocycles. The van der Waals surface area contributed by atoms with Gasteiger partial charge in [0.25, 0.3) is 5.79 Å². The smallest absolute Gasteiger partial charge is 0.261 e. The topological polar surface area (TPSA) is 55.4 Å². The molecule has 0 bridgehead atoms. The monoisotopic (exact) mass is 552 g/mol. The van der Waals surface area contributed by atoms with Crippen molar-refractivity contribution in [3.8, 4) is 11.5 Å². The van der Waals surface area contributed by atoms with Gasteiger partial charge in [0.1, 0.15) is 17.3 Å². The lowest BCUT2D eigenvalue weighted by atomic mass is 9.59. The summed E-state index contributed by atoms with van der Waals surface area (Å²) in [4.78, 5) is 11.4. The van der Waals surface area contributed by atoms with Gasteiger partial charge >= 0.3 is 0 Å². The zero-order chi connectivity index (χ0) is 29.3. The van der Waals surface area contributed by atoms with Gasteiger partial charge in [-0.25, -0.2) is 4.89 Å². The van der Waals surface area contributed by atoms with E-state index < -0.39 is 11.4 Å². The largest absolute Gasteiger partial charge is 0.497 e. The first-order chi connectivity index (χ1) is 18.8. The van der Waals surface area contributed by atoms with Gasteiger partial charge in [-0.1, -0.05) is 79.7 Å². The lowest BCUT2D eigenvalue weighted by molar-refractivity contribution is -0.656. The van der Waals surface area contributed by atoms with Gasteiger partial charge in [-0.05, 0) is 59.9 Å². The minimum atomic E-state index is -0.850. The maximum Gasteiger partial charge on any atom is 0.261 e. The first-order valence-corrected chi connectivity index (χ1v) is 14.5. The van der Waals surface area contributed by atoms with E-state index in [0.717, 1.165) is 47.8 Å². The highest BCUT2D eigenvalue weighted by Crippen LogP contribution is 2.64. The third kappa shape index (κ3) is 5.03. The Hall–Kier alpha value is -2.54. The molecule has 0 radical (unpaired) electrons. The summed E-state index contributed by atoms with van der Waals surface area (Å²) in [5.74, 6) is 2.61. The number of ether oxygens (including phenoxy) is 4. The van der Waals surface area contributed by atoms with E-state index >= 15 is 0 Å². The molecule has 5 rings (SSSR count). The minimum absolute atomic E-state index is 0.0409. The molecule has 6 heteroatoms. The number of hydrogen-bond donors (Lipinski definition) is 0. The molecule has 2 aromatic rings. The van der Waals surface area contributed by atoms with Crippen molar-refractivity contribution < 1.29 is 28.7 Å². The Morgan fingerprint density at radius 1 is 0.775 bits per heavy atom. The Labute approximate surface area is 240 Å². The van der Waals surface area contributed by atoms with Crippen molar-refractivity contribution in [1.82, 2.24) is 0 Å². The summed E-state index contributed by atoms with van der Waals surface area (Å²) < 4.78 is 22.8. The maximum atomic E-state index is 6.15. The molecular weight excluding hydrogens is 504 g/mol. The van der Waals surface area contributed by atoms with Gasteiger partial charge < -0.3 is 18.9 Å². The molecule has 220 valence electrons. The van der Waals surface area contributed by atoms with E-state index in [0.29, 0.717) is 12.5 Å². The van der Waals surface area contributed by atoms with Crippen molar-refractivity contribution in [2.24, 2.45) is 22.7 Å². The van der Waals surface area contributed by atoms with E-state index in [1.54, 1.807) is 14.2 Å². The lowest BCUT2D eigenvalue weighted by Gasteiger charge is -2.66. The van der Waals surface area contributed by atoms with Crippen molar-refractivity contribution in [2.45, 2.75) is 79.6 Å². The van der Waals surface area contributed by atoms with Crippen LogP contribution < -0.4 is 9.47 Å². The van der Waals surface area contributed by atoms with Crippen molar-refractivity contribution in [2.75, 3.05) is 27.4 Å². The predicted molar refractivity (Wildman–Crippen MR) is 158 cm³/mol. The van der Waals surface area contributed by atoms with Gasteiger partial charge in [0, 0.05) is 16.5 Å². The Balaban J connectivity index is 0.000000186. The maximum absolute atomic E-state index is 6.15. The van der Waals surface area contributed by atoms with E-state index in [9.17, 15) is 0 Å². The third-order valence-corrected chi connectivity index (χ3v) is 8.94. The van der Waals surface area contributed by atoms with Crippen LogP contribution in [0.4, 0.5) is 0 Å². The molecule has 3 heterocycles. The van der Waals surface area contributed by atoms with E-state index in [2.05, 4.69) is 67.5 Å². The standard InChI is InChI=1S/C17H24O4.C17H24O2/c1-12(2)16-15(3,4)9-10-19-17(16,21-20-16)13-7-6-8-14(11-13)18-5;1-12(2)15-16(19-10-9-17(15,3)4)13-7-6-8-14(11-13)18-5/h6-8,11-12H,9-10H2,1-5H3;6-8,11-12H,9-10H2,1-5H3. The number of methoxy groups -OCH3 is 2. The number of allylic oxidation sites excluding steroid dienone is 1. The second-order valence-corrected chi connectivity index (χ2v) is 13.0. The SMILES string of the molecule is COc1cccc(C23OCCC(C)(C)C2(C(C)C)OO3)c1.COc1cccc(C2=C(C(C)C)C(C)(C)CCO2)c1. The van der Waals surface area contributed by atoms with Crippen LogP contribution in [0.1, 0.15) is 79.4 Å². The normalized spacial score (nSPS) is 26.7. The van der Waals surface area contributed by atoms with Crippen LogP contribution in [0.2, 0.25) is 0 Å². The van der Waals surface area contributed by atoms with Crippen molar-refractivity contribution in [3.05, 3.63) is 65.2 Å². The van der Waals surface area contributed by atoms with Gasteiger partial charge in [-0.15, -0.1) is 0 Å². The number of rotatable bonds is 6. The molecule has 0 amide bonds. The Morgan fingerprint density at radius 3 is 2.00 bits per heavy atom. The van der Waals surface area contributed by atoms with Crippen LogP contribution in [0, 0.1) is 22.7 Å². The van der Waals surface area contributed by atoms with Gasteiger partial charge in [0.05, 0.1) is 27.4 Å². The highest BCUT2D eigenvalue weighted by Gasteiger charge is 2.75. The molecule has 2 aromatic carbocycles. The summed E-state index contributed by atoms with van der Waals surface area (Å²) in [7, 11) is 3.36. The van der Waals surface area contributed by atoms with Crippen molar-refractivity contribution >= 4 is 5.76 Å². The molecule has 0 N–H and O–H groups in total. The summed E-state index contributed by atoms with van der Waals surface area (Å²) in [6.07, 6.45) is 2.02. The zero-order valence-electron chi connectivity index (χ0n) is 26.1. The minimum Gasteiger partial charge on any atom is -0.497 e. The molecule has 3 aliphatic rings. The fraction of sp³-hybridized carbons (Fsp3) is 0.588. The fourth-order valence-electron chi connectivity index (χ4n) is 6.94. The number of hydrogen-bond acceptors (Lipinski definition) is 6. The third-order valence-electron chi connectivity index (χ3n) is 8.94. The molecule has 40 heavy (non-hydrogen) atoms. The molecule has 3 aliphatic heterocycles. The highest BCUT2D eigenvalue weighted by molar-refractivity contribution is 5.66. The summed E-state index contributed by atoms with van der Waals surface area (Å²) in [5, 5.41) is 0. The molecule has 2 unspecified atom stereocenters. The fourth-order valence-corrected chi connectivity index (χ4v) is 6.94. The van der Waals surface area contributed by atoms with Crippen LogP contribution in [0.5, 0.6) is 11.5 Å². The quantitative estimate of drug-likeness (QED) is 0.337. The van der Waals surface area contributed by atoms with Crippen LogP contribution >= 0.6 is 0 Å². The van der Waals surface area contributed by atoms with Crippen LogP contribution in [0.25, 0.3) is 5.76 Å². The molecule has 2 saturated heterocycles. The van der Waals surface area contributed by atoms with Gasteiger partial charge in [0.15, 0.2) is 5.60 Å². The Kier molecular flexibility index (Phi) is 8.66. The Morgan fingerprint density at radius 2 is 1.43 bits per heavy atom. The van der Waals surface area contributed by atoms with Crippen molar-refractivity contribution in [1.29, 1.82) is 0 Å². The summed E-state index contributed by atoms with van der Waals surface area (Å²) in [6, 6.07) is 16.0. The molecule has 0 saturated carbocycles. The molecule has 0 spiro atoms. The lowest BCUT2D eigenvalue weighted by Crippen LogP contribution is -2.76. The Bertz CT molecular complexity index is 1210. The van der Waals surface area contributed by atoms with Crippen LogP contribution in [0.15, 0.2) is 54.1 Å². The van der Waals surface area contributed by atoms with E-state index in [1.807, 2.05) is 36.4 Å². The number of fused-ring (bicyclic) bond motifs is 1. The van der Waals surface area contributed by atoms with E-state index in [4.69, 9.17) is 28.7 Å². The zero-order valence-corrected chi connectivity index (χ0v) is 26.1. The average Bonchev–Trinajstić information content (AvgIpc) is 2.89. The van der Waals surface area contributed by atoms with Crippen LogP contribution in [-0.4, -0.2) is 33.0 Å². The molecule has 0 aliphatic carbocycles. The summed E-state index contributed by atoms with van der Waals surface area (Å²) >= 11 is 0. The summed E-state index contributed by atoms with van der Waals surface area (Å²) in [5.41, 5.74) is 3.15. The summed E-state index contributed by atoms with van der Waals surface area (Å²) in [6.45, 7) is 19.3. The van der Waals surface area contributed by atoms with E-state index in [1.165, 1.54) is 5.57 Å². The van der Waals surface area contributed by atoms with E-state index in [-0.39, 0.29) is 16.7 Å². The van der Waals surface area contributed by atoms with Gasteiger partial charge in [0.2, 0.25) is 0 Å². The predicted octanol–water partition coefficient (Wildman–Crippen LogP) is 8.16. The molecule has 2 fully saturated rings. The van der Waals surface area contributed by atoms with Crippen LogP contribution in [-0.2, 0) is 25.0 Å². The number of benzene rings is 2. The highest BCUT2D eigenvalue weighted by atomic mass is 17.3. The van der Waals surface area contributed by atoms with Gasteiger partial charge in [-0.3, -0.25) is 0 Å². The second kappa shape index (κ2) is 11.4. The first kappa shape index (κ1) is 30.4. The average molecular weight is 553 g/mol. The van der Waals surface area contributed by atoms with Crippen molar-refractivity contribution in [3.63, 3.8) is 0 Å².